The van der Waals surface area contributed by atoms with Gasteiger partial charge in [0, 0.05) is 39.3 Å². The Morgan fingerprint density at radius 3 is 2.51 bits per heavy atom. The minimum absolute atomic E-state index is 0.750. The maximum atomic E-state index is 6.76. The van der Waals surface area contributed by atoms with E-state index >= 15 is 0 Å². The van der Waals surface area contributed by atoms with Crippen molar-refractivity contribution in [3.8, 4) is 0 Å². The molecule has 0 unspecified atom stereocenters. The molecule has 2 heterocycles. The van der Waals surface area contributed by atoms with E-state index in [4.69, 9.17) is 5.73 Å². The third kappa shape index (κ3) is 4.71. The zero-order valence-corrected chi connectivity index (χ0v) is 22.1. The predicted octanol–water partition coefficient (Wildman–Crippen LogP) is 8.93. The summed E-state index contributed by atoms with van der Waals surface area (Å²) in [4.78, 5) is 3.37. The van der Waals surface area contributed by atoms with Crippen molar-refractivity contribution in [2.24, 2.45) is 5.73 Å². The zero-order valence-electron chi connectivity index (χ0n) is 22.1. The number of nitrogens with one attached hydrogen (secondary N) is 1. The summed E-state index contributed by atoms with van der Waals surface area (Å²) < 4.78 is 2.32. The lowest BCUT2D eigenvalue weighted by Crippen LogP contribution is -1.98. The molecule has 0 bridgehead atoms. The number of aromatic amines is 1. The number of hydrogen-bond acceptors (Lipinski definition) is 1. The third-order valence-corrected chi connectivity index (χ3v) is 7.31. The van der Waals surface area contributed by atoms with Crippen LogP contribution < -0.4 is 5.73 Å². The lowest BCUT2D eigenvalue weighted by atomic mass is 9.98. The highest BCUT2D eigenvalue weighted by Gasteiger charge is 2.15. The first-order chi connectivity index (χ1) is 19.1. The Kier molecular flexibility index (Phi) is 6.48. The molecular weight excluding hydrogens is 474 g/mol. The summed E-state index contributed by atoms with van der Waals surface area (Å²) in [5, 5.41) is 3.56. The first-order valence-electron chi connectivity index (χ1n) is 13.2. The Morgan fingerprint density at radius 2 is 1.67 bits per heavy atom. The highest BCUT2D eigenvalue weighted by molar-refractivity contribution is 6.14. The number of aromatic nitrogens is 2. The molecule has 0 aliphatic heterocycles. The molecule has 0 fully saturated rings. The maximum Gasteiger partial charge on any atom is 0.0545 e. The van der Waals surface area contributed by atoms with E-state index in [1.165, 1.54) is 32.8 Å². The van der Waals surface area contributed by atoms with E-state index in [2.05, 4.69) is 126 Å². The second-order valence-corrected chi connectivity index (χ2v) is 9.89. The van der Waals surface area contributed by atoms with Crippen LogP contribution in [0.2, 0.25) is 0 Å². The van der Waals surface area contributed by atoms with E-state index in [-0.39, 0.29) is 0 Å². The van der Waals surface area contributed by atoms with Crippen LogP contribution in [-0.2, 0) is 6.42 Å². The fourth-order valence-corrected chi connectivity index (χ4v) is 5.38. The number of rotatable bonds is 7. The number of H-pyrrole nitrogens is 1. The average molecular weight is 506 g/mol. The average Bonchev–Trinajstić information content (AvgIpc) is 3.54. The molecule has 3 N–H and O–H groups in total. The number of fused-ring (bicyclic) bond motifs is 4. The van der Waals surface area contributed by atoms with Crippen LogP contribution in [-0.4, -0.2) is 9.55 Å². The van der Waals surface area contributed by atoms with Gasteiger partial charge < -0.3 is 15.3 Å². The quantitative estimate of drug-likeness (QED) is 0.165. The van der Waals surface area contributed by atoms with Gasteiger partial charge in [-0.1, -0.05) is 85.5 Å². The van der Waals surface area contributed by atoms with Crippen molar-refractivity contribution in [1.29, 1.82) is 0 Å². The van der Waals surface area contributed by atoms with Crippen LogP contribution in [0.5, 0.6) is 0 Å². The molecule has 0 aliphatic carbocycles. The van der Waals surface area contributed by atoms with Crippen molar-refractivity contribution < 1.29 is 0 Å². The van der Waals surface area contributed by atoms with Crippen molar-refractivity contribution in [2.45, 2.75) is 13.3 Å². The fraction of sp³-hybridized carbons (Fsp3) is 0.0556. The zero-order chi connectivity index (χ0) is 26.8. The normalized spacial score (nSPS) is 12.7. The Balaban J connectivity index is 1.48. The topological polar surface area (TPSA) is 46.7 Å². The van der Waals surface area contributed by atoms with Crippen LogP contribution in [0.1, 0.15) is 29.2 Å². The second-order valence-electron chi connectivity index (χ2n) is 9.89. The lowest BCUT2D eigenvalue weighted by molar-refractivity contribution is 1.18. The van der Waals surface area contributed by atoms with Crippen molar-refractivity contribution in [1.82, 2.24) is 9.55 Å². The highest BCUT2D eigenvalue weighted by atomic mass is 15.0. The second kappa shape index (κ2) is 10.4. The van der Waals surface area contributed by atoms with Gasteiger partial charge in [0.1, 0.15) is 0 Å². The summed E-state index contributed by atoms with van der Waals surface area (Å²) in [5.41, 5.74) is 16.8. The molecule has 4 aromatic carbocycles. The Labute approximate surface area is 228 Å². The van der Waals surface area contributed by atoms with Crippen molar-refractivity contribution in [2.75, 3.05) is 0 Å². The van der Waals surface area contributed by atoms with Gasteiger partial charge in [-0.2, -0.15) is 0 Å². The fourth-order valence-electron chi connectivity index (χ4n) is 5.38. The van der Waals surface area contributed by atoms with Gasteiger partial charge in [-0.05, 0) is 78.1 Å². The molecule has 190 valence electrons. The van der Waals surface area contributed by atoms with Gasteiger partial charge >= 0.3 is 0 Å². The molecule has 0 atom stereocenters. The third-order valence-electron chi connectivity index (χ3n) is 7.31. The van der Waals surface area contributed by atoms with E-state index in [1.54, 1.807) is 6.08 Å². The summed E-state index contributed by atoms with van der Waals surface area (Å²) in [6.07, 6.45) is 12.8. The predicted molar refractivity (Wildman–Crippen MR) is 168 cm³/mol. The number of nitrogens with two attached hydrogens (primary N) is 1. The minimum Gasteiger partial charge on any atom is -0.398 e. The summed E-state index contributed by atoms with van der Waals surface area (Å²) in [6, 6.07) is 32.2. The van der Waals surface area contributed by atoms with Crippen LogP contribution in [0.25, 0.3) is 50.2 Å². The van der Waals surface area contributed by atoms with Crippen LogP contribution in [0.15, 0.2) is 128 Å². The molecule has 39 heavy (non-hydrogen) atoms. The Hall–Kier alpha value is -5.02. The molecule has 2 aromatic heterocycles. The summed E-state index contributed by atoms with van der Waals surface area (Å²) >= 11 is 0. The SMILES string of the molecule is C=C/C=C\C=C(/C)n1c2ccc(/C(N)=C/c3ccccc3Cc3ccccc3)cc2c2cc3[nH]ccc3cc21. The van der Waals surface area contributed by atoms with E-state index in [1.807, 2.05) is 18.3 Å². The van der Waals surface area contributed by atoms with Crippen LogP contribution in [0.4, 0.5) is 0 Å². The van der Waals surface area contributed by atoms with Crippen LogP contribution in [0.3, 0.4) is 0 Å². The van der Waals surface area contributed by atoms with E-state index in [0.29, 0.717) is 0 Å². The van der Waals surface area contributed by atoms with Crippen molar-refractivity contribution in [3.63, 3.8) is 0 Å². The number of nitrogens with zero attached hydrogens (tertiary/aromatic N) is 1. The number of allylic oxidation sites excluding steroid dienone is 5. The Morgan fingerprint density at radius 1 is 0.872 bits per heavy atom. The lowest BCUT2D eigenvalue weighted by Gasteiger charge is -2.10. The number of benzene rings is 4. The molecule has 6 rings (SSSR count). The van der Waals surface area contributed by atoms with Gasteiger partial charge in [-0.25, -0.2) is 0 Å². The first-order valence-corrected chi connectivity index (χ1v) is 13.2. The molecule has 0 spiro atoms. The van der Waals surface area contributed by atoms with Gasteiger partial charge in [0.05, 0.1) is 11.0 Å². The molecule has 0 saturated carbocycles. The van der Waals surface area contributed by atoms with Gasteiger partial charge in [-0.15, -0.1) is 0 Å². The van der Waals surface area contributed by atoms with Crippen molar-refractivity contribution >= 4 is 50.2 Å². The van der Waals surface area contributed by atoms with Gasteiger partial charge in [0.15, 0.2) is 0 Å². The van der Waals surface area contributed by atoms with Crippen LogP contribution in [0, 0.1) is 0 Å². The standard InChI is InChI=1S/C36H31N3/c1-3-4-6-11-25(2)39-35-17-16-29(21-31(35)32-24-34-30(18-19-38-34)23-36(32)39)33(37)22-28-15-10-9-14-27(28)20-26-12-7-5-8-13-26/h3-19,21-24,38H,1,20,37H2,2H3/b6-4-,25-11+,33-22-. The molecule has 0 saturated heterocycles. The largest absolute Gasteiger partial charge is 0.398 e. The van der Waals surface area contributed by atoms with Gasteiger partial charge in [0.25, 0.3) is 0 Å². The van der Waals surface area contributed by atoms with Gasteiger partial charge in [0.2, 0.25) is 0 Å². The molecule has 0 amide bonds. The van der Waals surface area contributed by atoms with E-state index in [9.17, 15) is 0 Å². The molecule has 3 nitrogen and oxygen atoms in total. The summed E-state index contributed by atoms with van der Waals surface area (Å²) in [5.74, 6) is 0. The molecule has 0 aliphatic rings. The van der Waals surface area contributed by atoms with Crippen LogP contribution >= 0.6 is 0 Å². The minimum atomic E-state index is 0.750. The molecule has 6 aromatic rings. The van der Waals surface area contributed by atoms with Crippen molar-refractivity contribution in [3.05, 3.63) is 150 Å². The summed E-state index contributed by atoms with van der Waals surface area (Å²) in [7, 11) is 0. The number of hydrogen-bond donors (Lipinski definition) is 2. The smallest absolute Gasteiger partial charge is 0.0545 e. The molecule has 3 heteroatoms. The van der Waals surface area contributed by atoms with Gasteiger partial charge in [-0.3, -0.25) is 0 Å². The monoisotopic (exact) mass is 505 g/mol. The Bertz CT molecular complexity index is 1910. The first kappa shape index (κ1) is 24.3. The summed E-state index contributed by atoms with van der Waals surface area (Å²) in [6.45, 7) is 5.93. The highest BCUT2D eigenvalue weighted by Crippen LogP contribution is 2.35. The molecule has 0 radical (unpaired) electrons. The van der Waals surface area contributed by atoms with E-state index in [0.717, 1.165) is 40.0 Å². The maximum absolute atomic E-state index is 6.76. The van der Waals surface area contributed by atoms with E-state index < -0.39 is 0 Å². The molecular formula is C36H31N3.